The molecule has 0 spiro atoms. The Labute approximate surface area is 117 Å². The molecule has 1 N–H and O–H groups in total. The van der Waals surface area contributed by atoms with Gasteiger partial charge < -0.3 is 5.32 Å². The molecule has 0 saturated heterocycles. The van der Waals surface area contributed by atoms with Crippen molar-refractivity contribution in [2.45, 2.75) is 13.3 Å². The van der Waals surface area contributed by atoms with Gasteiger partial charge in [-0.3, -0.25) is 14.6 Å². The molecule has 20 heavy (non-hydrogen) atoms. The van der Waals surface area contributed by atoms with Crippen LogP contribution in [-0.4, -0.2) is 23.2 Å². The molecule has 0 atom stereocenters. The molecule has 102 valence electrons. The van der Waals surface area contributed by atoms with Gasteiger partial charge in [0, 0.05) is 18.3 Å². The Morgan fingerprint density at radius 3 is 2.55 bits per heavy atom. The minimum absolute atomic E-state index is 0.176. The lowest BCUT2D eigenvalue weighted by Gasteiger charge is -2.08. The Morgan fingerprint density at radius 2 is 1.85 bits per heavy atom. The highest BCUT2D eigenvalue weighted by Crippen LogP contribution is 2.12. The molecule has 1 heterocycles. The average molecular weight is 268 g/mol. The van der Waals surface area contributed by atoms with E-state index in [0.29, 0.717) is 17.7 Å². The van der Waals surface area contributed by atoms with E-state index in [1.165, 1.54) is 6.20 Å². The first-order valence-electron chi connectivity index (χ1n) is 6.57. The maximum absolute atomic E-state index is 12.4. The number of aromatic nitrogens is 1. The number of nitrogens with zero attached hydrogens (tertiary/aromatic N) is 1. The smallest absolute Gasteiger partial charge is 0.270 e. The zero-order valence-electron chi connectivity index (χ0n) is 11.3. The van der Waals surface area contributed by atoms with Crippen LogP contribution in [0, 0.1) is 0 Å². The largest absolute Gasteiger partial charge is 0.351 e. The average Bonchev–Trinajstić information content (AvgIpc) is 2.52. The summed E-state index contributed by atoms with van der Waals surface area (Å²) in [5.74, 6) is -0.507. The van der Waals surface area contributed by atoms with Crippen molar-refractivity contribution in [1.82, 2.24) is 10.3 Å². The number of rotatable bonds is 5. The molecular formula is C16H16N2O2. The zero-order valence-corrected chi connectivity index (χ0v) is 11.3. The summed E-state index contributed by atoms with van der Waals surface area (Å²) in [4.78, 5) is 28.5. The molecule has 0 fully saturated rings. The van der Waals surface area contributed by atoms with Gasteiger partial charge in [-0.05, 0) is 18.6 Å². The predicted octanol–water partition coefficient (Wildman–Crippen LogP) is 2.45. The molecule has 2 rings (SSSR count). The Hall–Kier alpha value is -2.49. The standard InChI is InChI=1S/C16H16N2O2/c1-2-10-18-16(20)14-13(9-6-11-17-14)15(19)12-7-4-3-5-8-12/h3-9,11H,2,10H2,1H3,(H,18,20). The fourth-order valence-corrected chi connectivity index (χ4v) is 1.84. The van der Waals surface area contributed by atoms with Crippen LogP contribution in [0.1, 0.15) is 39.8 Å². The molecule has 4 nitrogen and oxygen atoms in total. The number of pyridine rings is 1. The van der Waals surface area contributed by atoms with Crippen molar-refractivity contribution >= 4 is 11.7 Å². The first-order chi connectivity index (χ1) is 9.74. The van der Waals surface area contributed by atoms with E-state index < -0.39 is 0 Å². The number of ketones is 1. The third-order valence-corrected chi connectivity index (χ3v) is 2.84. The molecule has 2 aromatic rings. The monoisotopic (exact) mass is 268 g/mol. The van der Waals surface area contributed by atoms with Crippen molar-refractivity contribution in [3.05, 3.63) is 65.5 Å². The quantitative estimate of drug-likeness (QED) is 0.847. The fourth-order valence-electron chi connectivity index (χ4n) is 1.84. The predicted molar refractivity (Wildman–Crippen MR) is 76.7 cm³/mol. The summed E-state index contributed by atoms with van der Waals surface area (Å²) in [6.07, 6.45) is 2.35. The van der Waals surface area contributed by atoms with Crippen molar-refractivity contribution in [2.24, 2.45) is 0 Å². The summed E-state index contributed by atoms with van der Waals surface area (Å²) >= 11 is 0. The second-order valence-electron chi connectivity index (χ2n) is 4.35. The fraction of sp³-hybridized carbons (Fsp3) is 0.188. The van der Waals surface area contributed by atoms with Gasteiger partial charge in [0.25, 0.3) is 5.91 Å². The lowest BCUT2D eigenvalue weighted by Crippen LogP contribution is -2.27. The Balaban J connectivity index is 2.33. The third kappa shape index (κ3) is 3.09. The number of amides is 1. The van der Waals surface area contributed by atoms with Crippen molar-refractivity contribution in [1.29, 1.82) is 0 Å². The molecule has 0 aliphatic carbocycles. The van der Waals surface area contributed by atoms with E-state index in [-0.39, 0.29) is 17.4 Å². The SMILES string of the molecule is CCCNC(=O)c1ncccc1C(=O)c1ccccc1. The number of benzene rings is 1. The molecule has 0 aliphatic rings. The number of carbonyl (C=O) groups excluding carboxylic acids is 2. The van der Waals surface area contributed by atoms with E-state index >= 15 is 0 Å². The molecule has 0 aliphatic heterocycles. The minimum atomic E-state index is -0.313. The van der Waals surface area contributed by atoms with Crippen LogP contribution in [0.4, 0.5) is 0 Å². The van der Waals surface area contributed by atoms with E-state index in [0.717, 1.165) is 6.42 Å². The summed E-state index contributed by atoms with van der Waals surface area (Å²) in [5, 5.41) is 2.74. The van der Waals surface area contributed by atoms with E-state index in [1.54, 1.807) is 36.4 Å². The topological polar surface area (TPSA) is 59.1 Å². The third-order valence-electron chi connectivity index (χ3n) is 2.84. The number of hydrogen-bond donors (Lipinski definition) is 1. The van der Waals surface area contributed by atoms with E-state index in [2.05, 4.69) is 10.3 Å². The Morgan fingerprint density at radius 1 is 1.10 bits per heavy atom. The van der Waals surface area contributed by atoms with Crippen LogP contribution in [0.25, 0.3) is 0 Å². The van der Waals surface area contributed by atoms with Gasteiger partial charge in [-0.1, -0.05) is 37.3 Å². The van der Waals surface area contributed by atoms with Gasteiger partial charge in [0.15, 0.2) is 5.78 Å². The van der Waals surface area contributed by atoms with Crippen molar-refractivity contribution < 1.29 is 9.59 Å². The molecule has 0 radical (unpaired) electrons. The van der Waals surface area contributed by atoms with Crippen molar-refractivity contribution in [3.8, 4) is 0 Å². The lowest BCUT2D eigenvalue weighted by atomic mass is 10.0. The van der Waals surface area contributed by atoms with E-state index in [4.69, 9.17) is 0 Å². The summed E-state index contributed by atoms with van der Waals surface area (Å²) in [5.41, 5.74) is 1.05. The van der Waals surface area contributed by atoms with Crippen LogP contribution < -0.4 is 5.32 Å². The summed E-state index contributed by atoms with van der Waals surface area (Å²) in [6, 6.07) is 12.2. The lowest BCUT2D eigenvalue weighted by molar-refractivity contribution is 0.0937. The summed E-state index contributed by atoms with van der Waals surface area (Å²) in [7, 11) is 0. The van der Waals surface area contributed by atoms with Crippen LogP contribution in [0.2, 0.25) is 0 Å². The molecule has 1 aromatic heterocycles. The van der Waals surface area contributed by atoms with Gasteiger partial charge >= 0.3 is 0 Å². The molecule has 0 unspecified atom stereocenters. The highest BCUT2D eigenvalue weighted by Gasteiger charge is 2.18. The highest BCUT2D eigenvalue weighted by atomic mass is 16.2. The van der Waals surface area contributed by atoms with Gasteiger partial charge in [0.1, 0.15) is 5.69 Å². The van der Waals surface area contributed by atoms with Crippen molar-refractivity contribution in [3.63, 3.8) is 0 Å². The number of carbonyl (C=O) groups is 2. The van der Waals surface area contributed by atoms with Crippen molar-refractivity contribution in [2.75, 3.05) is 6.54 Å². The molecule has 1 amide bonds. The molecule has 0 bridgehead atoms. The maximum atomic E-state index is 12.4. The van der Waals surface area contributed by atoms with Crippen LogP contribution in [0.5, 0.6) is 0 Å². The van der Waals surface area contributed by atoms with Gasteiger partial charge in [-0.2, -0.15) is 0 Å². The van der Waals surface area contributed by atoms with Crippen LogP contribution in [-0.2, 0) is 0 Å². The van der Waals surface area contributed by atoms with E-state index in [9.17, 15) is 9.59 Å². The Kier molecular flexibility index (Phi) is 4.60. The number of nitrogens with one attached hydrogen (secondary N) is 1. The second kappa shape index (κ2) is 6.61. The van der Waals surface area contributed by atoms with Gasteiger partial charge in [-0.15, -0.1) is 0 Å². The van der Waals surface area contributed by atoms with Crippen LogP contribution >= 0.6 is 0 Å². The summed E-state index contributed by atoms with van der Waals surface area (Å²) in [6.45, 7) is 2.53. The minimum Gasteiger partial charge on any atom is -0.351 e. The first kappa shape index (κ1) is 13.9. The van der Waals surface area contributed by atoms with Gasteiger partial charge in [0.05, 0.1) is 5.56 Å². The maximum Gasteiger partial charge on any atom is 0.270 e. The highest BCUT2D eigenvalue weighted by molar-refractivity contribution is 6.14. The zero-order chi connectivity index (χ0) is 14.4. The summed E-state index contributed by atoms with van der Waals surface area (Å²) < 4.78 is 0. The normalized spacial score (nSPS) is 10.1. The molecule has 4 heteroatoms. The number of hydrogen-bond acceptors (Lipinski definition) is 3. The van der Waals surface area contributed by atoms with Crippen LogP contribution in [0.3, 0.4) is 0 Å². The van der Waals surface area contributed by atoms with Gasteiger partial charge in [0.2, 0.25) is 0 Å². The molecule has 0 saturated carbocycles. The van der Waals surface area contributed by atoms with E-state index in [1.807, 2.05) is 13.0 Å². The first-order valence-corrected chi connectivity index (χ1v) is 6.57. The van der Waals surface area contributed by atoms with Crippen LogP contribution in [0.15, 0.2) is 48.7 Å². The molecular weight excluding hydrogens is 252 g/mol. The Bertz CT molecular complexity index is 609. The van der Waals surface area contributed by atoms with Gasteiger partial charge in [-0.25, -0.2) is 0 Å². The second-order valence-corrected chi connectivity index (χ2v) is 4.35. The molecule has 1 aromatic carbocycles.